The number of fused-ring (bicyclic) bond motifs is 1. The van der Waals surface area contributed by atoms with Crippen molar-refractivity contribution in [3.8, 4) is 11.1 Å². The topological polar surface area (TPSA) is 118 Å². The van der Waals surface area contributed by atoms with E-state index in [2.05, 4.69) is 15.3 Å². The van der Waals surface area contributed by atoms with Crippen LogP contribution in [0.3, 0.4) is 0 Å². The number of nitrogen functional groups attached to an aromatic ring is 1. The van der Waals surface area contributed by atoms with Gasteiger partial charge in [-0.15, -0.1) is 11.3 Å². The number of halogens is 2. The highest BCUT2D eigenvalue weighted by Crippen LogP contribution is 2.33. The first-order valence-electron chi connectivity index (χ1n) is 10.9. The van der Waals surface area contributed by atoms with Crippen molar-refractivity contribution in [1.82, 2.24) is 9.97 Å². The van der Waals surface area contributed by atoms with Gasteiger partial charge in [0.15, 0.2) is 0 Å². The molecule has 3 aromatic heterocycles. The van der Waals surface area contributed by atoms with E-state index < -0.39 is 11.9 Å². The number of nitrogens with two attached hydrogens (primary N) is 1. The highest BCUT2D eigenvalue weighted by molar-refractivity contribution is 7.18. The van der Waals surface area contributed by atoms with Crippen LogP contribution in [0.4, 0.5) is 16.0 Å². The Kier molecular flexibility index (Phi) is 6.26. The number of nitrogens with zero attached hydrogens (tertiary/aromatic N) is 2. The quantitative estimate of drug-likeness (QED) is 0.227. The van der Waals surface area contributed by atoms with Crippen LogP contribution in [0.1, 0.15) is 29.2 Å². The first-order chi connectivity index (χ1) is 17.3. The summed E-state index contributed by atoms with van der Waals surface area (Å²) in [5, 5.41) is 12.3. The molecule has 4 N–H and O–H groups in total. The van der Waals surface area contributed by atoms with Crippen molar-refractivity contribution in [3.05, 3.63) is 104 Å². The minimum absolute atomic E-state index is 0.102. The maximum atomic E-state index is 14.1. The average Bonchev–Trinajstić information content (AvgIpc) is 3.30. The average molecular weight is 520 g/mol. The number of para-hydroxylation sites is 1. The molecule has 0 saturated carbocycles. The van der Waals surface area contributed by atoms with E-state index >= 15 is 0 Å². The van der Waals surface area contributed by atoms with E-state index in [1.807, 2.05) is 0 Å². The van der Waals surface area contributed by atoms with E-state index in [1.165, 1.54) is 35.9 Å². The summed E-state index contributed by atoms with van der Waals surface area (Å²) in [6, 6.07) is 15.5. The van der Waals surface area contributed by atoms with Crippen LogP contribution in [0.15, 0.2) is 76.2 Å². The third-order valence-corrected chi connectivity index (χ3v) is 6.88. The second-order valence-corrected chi connectivity index (χ2v) is 9.72. The van der Waals surface area contributed by atoms with Crippen molar-refractivity contribution in [2.45, 2.75) is 13.0 Å². The Hall–Kier alpha value is -4.08. The summed E-state index contributed by atoms with van der Waals surface area (Å²) in [6.07, 6.45) is 1.28. The predicted octanol–water partition coefficient (Wildman–Crippen LogP) is 6.28. The number of rotatable bonds is 6. The molecule has 0 fully saturated rings. The summed E-state index contributed by atoms with van der Waals surface area (Å²) in [4.78, 5) is 22.5. The lowest BCUT2D eigenvalue weighted by atomic mass is 9.99. The van der Waals surface area contributed by atoms with Crippen molar-refractivity contribution in [2.75, 3.05) is 11.1 Å². The van der Waals surface area contributed by atoms with Crippen molar-refractivity contribution in [3.63, 3.8) is 0 Å². The van der Waals surface area contributed by atoms with Gasteiger partial charge in [0, 0.05) is 0 Å². The van der Waals surface area contributed by atoms with Crippen LogP contribution < -0.4 is 16.5 Å². The van der Waals surface area contributed by atoms with Gasteiger partial charge in [0.25, 0.3) is 0 Å². The van der Waals surface area contributed by atoms with Gasteiger partial charge in [-0.3, -0.25) is 10.2 Å². The lowest BCUT2D eigenvalue weighted by Gasteiger charge is -2.20. The fourth-order valence-corrected chi connectivity index (χ4v) is 4.98. The summed E-state index contributed by atoms with van der Waals surface area (Å²) in [5.74, 6) is 0.212. The summed E-state index contributed by atoms with van der Waals surface area (Å²) < 4.78 is 20.8. The number of benzene rings is 2. The van der Waals surface area contributed by atoms with Crippen LogP contribution in [0.25, 0.3) is 22.1 Å². The van der Waals surface area contributed by atoms with E-state index in [0.717, 1.165) is 0 Å². The number of aromatic nitrogens is 2. The summed E-state index contributed by atoms with van der Waals surface area (Å²) in [5.41, 5.74) is 7.27. The smallest absolute Gasteiger partial charge is 0.200 e. The van der Waals surface area contributed by atoms with E-state index in [4.69, 9.17) is 27.2 Å². The normalized spacial score (nSPS) is 12.0. The molecule has 0 amide bonds. The molecule has 7 nitrogen and oxygen atoms in total. The first-order valence-corrected chi connectivity index (χ1v) is 12.1. The molecule has 2 aromatic carbocycles. The van der Waals surface area contributed by atoms with Crippen LogP contribution in [0.5, 0.6) is 0 Å². The molecule has 5 aromatic rings. The fraction of sp³-hybridized carbons (Fsp3) is 0.0769. The Morgan fingerprint density at radius 1 is 1.17 bits per heavy atom. The highest BCUT2D eigenvalue weighted by atomic mass is 35.5. The standard InChI is InChI=1S/C26H19ClFN5O2S/c1-13(33-26-21(25(30)31-12-32-26)22(29)18-9-10-19(27)36-18)24-20(14-5-4-6-15(28)11-14)23(34)16-7-2-3-8-17(16)35-24/h2-13,29H,1H3,(H3,30,31,32,33). The van der Waals surface area contributed by atoms with E-state index in [9.17, 15) is 9.18 Å². The number of thiophene rings is 1. The Balaban J connectivity index is 1.64. The van der Waals surface area contributed by atoms with Crippen LogP contribution >= 0.6 is 22.9 Å². The molecule has 0 radical (unpaired) electrons. The number of anilines is 2. The third kappa shape index (κ3) is 4.34. The molecule has 3 heterocycles. The monoisotopic (exact) mass is 519 g/mol. The maximum Gasteiger partial charge on any atom is 0.200 e. The molecule has 1 atom stereocenters. The lowest BCUT2D eigenvalue weighted by Crippen LogP contribution is -2.18. The Morgan fingerprint density at radius 3 is 2.72 bits per heavy atom. The predicted molar refractivity (Wildman–Crippen MR) is 142 cm³/mol. The van der Waals surface area contributed by atoms with Gasteiger partial charge >= 0.3 is 0 Å². The van der Waals surface area contributed by atoms with Crippen LogP contribution in [0, 0.1) is 11.2 Å². The van der Waals surface area contributed by atoms with Gasteiger partial charge in [0.05, 0.1) is 37.5 Å². The van der Waals surface area contributed by atoms with Gasteiger partial charge in [-0.1, -0.05) is 35.9 Å². The van der Waals surface area contributed by atoms with Gasteiger partial charge in [-0.05, 0) is 48.9 Å². The Bertz CT molecular complexity index is 1680. The summed E-state index contributed by atoms with van der Waals surface area (Å²) >= 11 is 7.29. The van der Waals surface area contributed by atoms with E-state index in [1.54, 1.807) is 49.4 Å². The van der Waals surface area contributed by atoms with Gasteiger partial charge in [0.1, 0.15) is 35.1 Å². The largest absolute Gasteiger partial charge is 0.458 e. The van der Waals surface area contributed by atoms with E-state index in [-0.39, 0.29) is 34.1 Å². The van der Waals surface area contributed by atoms with E-state index in [0.29, 0.717) is 31.3 Å². The minimum atomic E-state index is -0.617. The van der Waals surface area contributed by atoms with Gasteiger partial charge < -0.3 is 15.5 Å². The summed E-state index contributed by atoms with van der Waals surface area (Å²) in [6.45, 7) is 1.78. The fourth-order valence-electron chi connectivity index (χ4n) is 3.98. The zero-order valence-electron chi connectivity index (χ0n) is 18.9. The molecular weight excluding hydrogens is 501 g/mol. The van der Waals surface area contributed by atoms with Crippen LogP contribution in [0.2, 0.25) is 4.34 Å². The van der Waals surface area contributed by atoms with Crippen molar-refractivity contribution in [1.29, 1.82) is 5.41 Å². The molecule has 5 rings (SSSR count). The molecule has 0 aliphatic carbocycles. The number of nitrogens with one attached hydrogen (secondary N) is 2. The minimum Gasteiger partial charge on any atom is -0.458 e. The molecule has 0 aliphatic heterocycles. The zero-order valence-corrected chi connectivity index (χ0v) is 20.5. The van der Waals surface area contributed by atoms with Crippen molar-refractivity contribution >= 4 is 51.3 Å². The van der Waals surface area contributed by atoms with Gasteiger partial charge in [-0.25, -0.2) is 14.4 Å². The third-order valence-electron chi connectivity index (χ3n) is 5.63. The first kappa shape index (κ1) is 23.7. The lowest BCUT2D eigenvalue weighted by molar-refractivity contribution is 0.515. The molecule has 1 unspecified atom stereocenters. The van der Waals surface area contributed by atoms with Crippen LogP contribution in [-0.4, -0.2) is 15.7 Å². The van der Waals surface area contributed by atoms with Crippen LogP contribution in [-0.2, 0) is 0 Å². The second-order valence-electron chi connectivity index (χ2n) is 8.00. The molecule has 0 saturated heterocycles. The van der Waals surface area contributed by atoms with Crippen molar-refractivity contribution < 1.29 is 8.81 Å². The second kappa shape index (κ2) is 9.52. The SMILES string of the molecule is CC(Nc1ncnc(N)c1C(=N)c1ccc(Cl)s1)c1oc2ccccc2c(=O)c1-c1cccc(F)c1. The Morgan fingerprint density at radius 2 is 1.97 bits per heavy atom. The molecule has 0 spiro atoms. The molecule has 0 bridgehead atoms. The molecule has 180 valence electrons. The summed E-state index contributed by atoms with van der Waals surface area (Å²) in [7, 11) is 0. The molecule has 0 aliphatic rings. The van der Waals surface area contributed by atoms with Gasteiger partial charge in [-0.2, -0.15) is 0 Å². The Labute approximate surface area is 213 Å². The zero-order chi connectivity index (χ0) is 25.4. The molecule has 36 heavy (non-hydrogen) atoms. The molecular formula is C26H19ClFN5O2S. The van der Waals surface area contributed by atoms with Crippen molar-refractivity contribution in [2.24, 2.45) is 0 Å². The highest BCUT2D eigenvalue weighted by Gasteiger charge is 2.24. The maximum absolute atomic E-state index is 14.1. The number of hydrogen-bond donors (Lipinski definition) is 3. The molecule has 10 heteroatoms. The van der Waals surface area contributed by atoms with Gasteiger partial charge in [0.2, 0.25) is 5.43 Å². The number of hydrogen-bond acceptors (Lipinski definition) is 8.